The van der Waals surface area contributed by atoms with E-state index >= 15 is 0 Å². The summed E-state index contributed by atoms with van der Waals surface area (Å²) in [5.41, 5.74) is 0.484. The summed E-state index contributed by atoms with van der Waals surface area (Å²) < 4.78 is 27.0. The lowest BCUT2D eigenvalue weighted by Crippen LogP contribution is -2.22. The standard InChI is InChI=1S/C12H14BrF2N/c1-3-12(16-7-8(2)13)10-5-4-9(14)6-11(10)15/h4-6,12,16H,2-3,7H2,1H3. The van der Waals surface area contributed by atoms with Crippen molar-refractivity contribution in [1.82, 2.24) is 5.32 Å². The van der Waals surface area contributed by atoms with Crippen molar-refractivity contribution < 1.29 is 8.78 Å². The van der Waals surface area contributed by atoms with Gasteiger partial charge in [0.1, 0.15) is 11.6 Å². The van der Waals surface area contributed by atoms with Gasteiger partial charge in [0.2, 0.25) is 0 Å². The van der Waals surface area contributed by atoms with Crippen LogP contribution < -0.4 is 5.32 Å². The molecule has 0 bridgehead atoms. The molecule has 1 N–H and O–H groups in total. The van der Waals surface area contributed by atoms with Crippen molar-refractivity contribution in [3.63, 3.8) is 0 Å². The highest BCUT2D eigenvalue weighted by Crippen LogP contribution is 2.21. The van der Waals surface area contributed by atoms with E-state index in [1.807, 2.05) is 6.92 Å². The zero-order chi connectivity index (χ0) is 12.1. The molecular weight excluding hydrogens is 276 g/mol. The fourth-order valence-electron chi connectivity index (χ4n) is 1.49. The van der Waals surface area contributed by atoms with Crippen molar-refractivity contribution in [2.75, 3.05) is 6.54 Å². The van der Waals surface area contributed by atoms with Crippen LogP contribution in [0, 0.1) is 11.6 Å². The number of hydrogen-bond acceptors (Lipinski definition) is 1. The second kappa shape index (κ2) is 6.11. The van der Waals surface area contributed by atoms with E-state index in [0.29, 0.717) is 12.1 Å². The van der Waals surface area contributed by atoms with Gasteiger partial charge in [-0.15, -0.1) is 0 Å². The van der Waals surface area contributed by atoms with Crippen molar-refractivity contribution in [3.05, 3.63) is 46.5 Å². The minimum atomic E-state index is -0.555. The third-order valence-corrected chi connectivity index (χ3v) is 2.57. The molecule has 0 aliphatic carbocycles. The van der Waals surface area contributed by atoms with E-state index in [1.165, 1.54) is 12.1 Å². The van der Waals surface area contributed by atoms with E-state index in [0.717, 1.165) is 17.0 Å². The topological polar surface area (TPSA) is 12.0 Å². The third kappa shape index (κ3) is 3.68. The van der Waals surface area contributed by atoms with Crippen LogP contribution in [-0.4, -0.2) is 6.54 Å². The molecule has 0 saturated heterocycles. The van der Waals surface area contributed by atoms with E-state index in [4.69, 9.17) is 0 Å². The minimum Gasteiger partial charge on any atom is -0.305 e. The van der Waals surface area contributed by atoms with Crippen LogP contribution >= 0.6 is 15.9 Å². The van der Waals surface area contributed by atoms with Crippen LogP contribution in [0.25, 0.3) is 0 Å². The van der Waals surface area contributed by atoms with Gasteiger partial charge in [-0.25, -0.2) is 8.78 Å². The number of benzene rings is 1. The average Bonchev–Trinajstić information content (AvgIpc) is 2.21. The predicted molar refractivity (Wildman–Crippen MR) is 65.5 cm³/mol. The Hall–Kier alpha value is -0.740. The molecule has 0 radical (unpaired) electrons. The van der Waals surface area contributed by atoms with Crippen molar-refractivity contribution in [2.24, 2.45) is 0 Å². The van der Waals surface area contributed by atoms with Crippen molar-refractivity contribution >= 4 is 15.9 Å². The van der Waals surface area contributed by atoms with Gasteiger partial charge in [0.05, 0.1) is 0 Å². The summed E-state index contributed by atoms with van der Waals surface area (Å²) in [4.78, 5) is 0. The van der Waals surface area contributed by atoms with Crippen LogP contribution in [0.5, 0.6) is 0 Å². The largest absolute Gasteiger partial charge is 0.305 e. The van der Waals surface area contributed by atoms with E-state index in [9.17, 15) is 8.78 Å². The summed E-state index contributed by atoms with van der Waals surface area (Å²) in [5, 5.41) is 3.14. The highest BCUT2D eigenvalue weighted by Gasteiger charge is 2.13. The monoisotopic (exact) mass is 289 g/mol. The molecule has 16 heavy (non-hydrogen) atoms. The Kier molecular flexibility index (Phi) is 5.09. The molecule has 0 fully saturated rings. The summed E-state index contributed by atoms with van der Waals surface area (Å²) in [6.45, 7) is 6.18. The van der Waals surface area contributed by atoms with Gasteiger partial charge in [-0.3, -0.25) is 0 Å². The predicted octanol–water partition coefficient (Wildman–Crippen LogP) is 3.91. The molecule has 1 aromatic rings. The maximum absolute atomic E-state index is 13.5. The first-order valence-corrected chi connectivity index (χ1v) is 5.85. The molecular formula is C12H14BrF2N. The minimum absolute atomic E-state index is 0.130. The van der Waals surface area contributed by atoms with Gasteiger partial charge in [0.25, 0.3) is 0 Å². The van der Waals surface area contributed by atoms with Gasteiger partial charge >= 0.3 is 0 Å². The van der Waals surface area contributed by atoms with Crippen LogP contribution in [-0.2, 0) is 0 Å². The van der Waals surface area contributed by atoms with Gasteiger partial charge < -0.3 is 5.32 Å². The van der Waals surface area contributed by atoms with Crippen LogP contribution in [0.1, 0.15) is 24.9 Å². The molecule has 1 unspecified atom stereocenters. The maximum Gasteiger partial charge on any atom is 0.130 e. The molecule has 0 spiro atoms. The van der Waals surface area contributed by atoms with E-state index in [2.05, 4.69) is 27.8 Å². The highest BCUT2D eigenvalue weighted by atomic mass is 79.9. The lowest BCUT2D eigenvalue weighted by molar-refractivity contribution is 0.501. The molecule has 1 nitrogen and oxygen atoms in total. The molecule has 4 heteroatoms. The van der Waals surface area contributed by atoms with E-state index in [1.54, 1.807) is 0 Å². The molecule has 0 saturated carbocycles. The summed E-state index contributed by atoms with van der Waals surface area (Å²) in [7, 11) is 0. The zero-order valence-corrected chi connectivity index (χ0v) is 10.7. The second-order valence-electron chi connectivity index (χ2n) is 3.52. The number of rotatable bonds is 5. The number of halogens is 3. The third-order valence-electron chi connectivity index (χ3n) is 2.29. The zero-order valence-electron chi connectivity index (χ0n) is 9.06. The Morgan fingerprint density at radius 1 is 1.50 bits per heavy atom. The normalized spacial score (nSPS) is 12.5. The average molecular weight is 290 g/mol. The summed E-state index contributed by atoms with van der Waals surface area (Å²) in [6, 6.07) is 3.52. The number of nitrogens with one attached hydrogen (secondary N) is 1. The Bertz CT molecular complexity index is 379. The van der Waals surface area contributed by atoms with Gasteiger partial charge in [-0.2, -0.15) is 0 Å². The Labute approximate surface area is 103 Å². The highest BCUT2D eigenvalue weighted by molar-refractivity contribution is 9.11. The van der Waals surface area contributed by atoms with Crippen LogP contribution in [0.15, 0.2) is 29.3 Å². The molecule has 1 rings (SSSR count). The quantitative estimate of drug-likeness (QED) is 0.866. The molecule has 0 aliphatic rings. The lowest BCUT2D eigenvalue weighted by Gasteiger charge is -2.17. The van der Waals surface area contributed by atoms with Crippen LogP contribution in [0.4, 0.5) is 8.78 Å². The molecule has 0 aliphatic heterocycles. The van der Waals surface area contributed by atoms with Gasteiger partial charge in [-0.1, -0.05) is 35.5 Å². The molecule has 0 amide bonds. The van der Waals surface area contributed by atoms with E-state index in [-0.39, 0.29) is 6.04 Å². The lowest BCUT2D eigenvalue weighted by atomic mass is 10.0. The molecule has 1 atom stereocenters. The molecule has 88 valence electrons. The summed E-state index contributed by atoms with van der Waals surface area (Å²) in [6.07, 6.45) is 0.725. The van der Waals surface area contributed by atoms with Gasteiger partial charge in [-0.05, 0) is 12.5 Å². The van der Waals surface area contributed by atoms with Gasteiger partial charge in [0, 0.05) is 28.7 Å². The van der Waals surface area contributed by atoms with Crippen molar-refractivity contribution in [1.29, 1.82) is 0 Å². The first-order valence-electron chi connectivity index (χ1n) is 5.06. The van der Waals surface area contributed by atoms with Crippen molar-refractivity contribution in [3.8, 4) is 0 Å². The van der Waals surface area contributed by atoms with Gasteiger partial charge in [0.15, 0.2) is 0 Å². The first-order chi connectivity index (χ1) is 7.54. The second-order valence-corrected chi connectivity index (χ2v) is 4.65. The Morgan fingerprint density at radius 3 is 2.69 bits per heavy atom. The fourth-order valence-corrected chi connectivity index (χ4v) is 1.65. The SMILES string of the molecule is C=C(Br)CNC(CC)c1ccc(F)cc1F. The Morgan fingerprint density at radius 2 is 2.19 bits per heavy atom. The summed E-state index contributed by atoms with van der Waals surface area (Å²) >= 11 is 3.22. The first kappa shape index (κ1) is 13.3. The smallest absolute Gasteiger partial charge is 0.130 e. The van der Waals surface area contributed by atoms with Crippen molar-refractivity contribution in [2.45, 2.75) is 19.4 Å². The Balaban J connectivity index is 2.82. The van der Waals surface area contributed by atoms with Crippen LogP contribution in [0.2, 0.25) is 0 Å². The maximum atomic E-state index is 13.5. The van der Waals surface area contributed by atoms with E-state index < -0.39 is 11.6 Å². The number of hydrogen-bond donors (Lipinski definition) is 1. The van der Waals surface area contributed by atoms with Crippen LogP contribution in [0.3, 0.4) is 0 Å². The summed E-state index contributed by atoms with van der Waals surface area (Å²) in [5.74, 6) is -1.07. The molecule has 0 heterocycles. The molecule has 0 aromatic heterocycles. The fraction of sp³-hybridized carbons (Fsp3) is 0.333. The molecule has 1 aromatic carbocycles.